The number of rotatable bonds is 9. The maximum Gasteiger partial charge on any atom is 0.329 e. The fourth-order valence-corrected chi connectivity index (χ4v) is 1.91. The van der Waals surface area contributed by atoms with Gasteiger partial charge in [0.1, 0.15) is 6.04 Å². The van der Waals surface area contributed by atoms with Crippen molar-refractivity contribution < 1.29 is 29.2 Å². The number of thioether (sulfide) groups is 1. The van der Waals surface area contributed by atoms with Crippen molar-refractivity contribution in [2.75, 3.05) is 19.0 Å². The van der Waals surface area contributed by atoms with E-state index in [0.29, 0.717) is 0 Å². The van der Waals surface area contributed by atoms with E-state index < -0.39 is 23.3 Å². The highest BCUT2D eigenvalue weighted by Gasteiger charge is 2.22. The van der Waals surface area contributed by atoms with Gasteiger partial charge in [0.15, 0.2) is 5.12 Å². The van der Waals surface area contributed by atoms with Crippen LogP contribution in [0.5, 0.6) is 0 Å². The predicted octanol–water partition coefficient (Wildman–Crippen LogP) is -0.175. The lowest BCUT2D eigenvalue weighted by atomic mass is 10.3. The molecule has 0 rings (SSSR count). The van der Waals surface area contributed by atoms with Gasteiger partial charge >= 0.3 is 5.97 Å². The normalized spacial score (nSPS) is 12.1. The Hall–Kier alpha value is -1.20. The summed E-state index contributed by atoms with van der Waals surface area (Å²) in [6.07, 6.45) is -0.125. The Morgan fingerprint density at radius 1 is 1.45 bits per heavy atom. The van der Waals surface area contributed by atoms with Gasteiger partial charge in [-0.2, -0.15) is 0 Å². The number of carbonyl (C=O) groups is 3. The zero-order valence-electron chi connectivity index (χ0n) is 11.2. The molecule has 0 heterocycles. The summed E-state index contributed by atoms with van der Waals surface area (Å²) in [6, 6.07) is -0.920. The lowest BCUT2D eigenvalue weighted by Crippen LogP contribution is -2.42. The van der Waals surface area contributed by atoms with Crippen molar-refractivity contribution in [3.63, 3.8) is 0 Å². The number of hydrogen-bond acceptors (Lipinski definition) is 9. The highest BCUT2D eigenvalue weighted by molar-refractivity contribution is 8.13. The van der Waals surface area contributed by atoms with E-state index in [0.717, 1.165) is 11.8 Å². The quantitative estimate of drug-likeness (QED) is 0.440. The summed E-state index contributed by atoms with van der Waals surface area (Å²) in [5, 5.41) is 19.4. The first-order valence-corrected chi connectivity index (χ1v) is 6.73. The van der Waals surface area contributed by atoms with Gasteiger partial charge in [0, 0.05) is 19.1 Å². The third-order valence-electron chi connectivity index (χ3n) is 1.87. The largest absolute Gasteiger partial charge is 0.738 e. The topological polar surface area (TPSA) is 128 Å². The van der Waals surface area contributed by atoms with Gasteiger partial charge in [-0.1, -0.05) is 11.8 Å². The van der Waals surface area contributed by atoms with Crippen LogP contribution in [0.25, 0.3) is 0 Å². The van der Waals surface area contributed by atoms with Crippen molar-refractivity contribution in [3.8, 4) is 0 Å². The first kappa shape index (κ1) is 18.8. The Bertz CT molecular complexity index is 338. The van der Waals surface area contributed by atoms with E-state index in [4.69, 9.17) is 9.94 Å². The predicted molar refractivity (Wildman–Crippen MR) is 69.3 cm³/mol. The molecule has 0 aliphatic heterocycles. The molecule has 0 aliphatic carbocycles. The monoisotopic (exact) mass is 309 g/mol. The Balaban J connectivity index is 4.14. The van der Waals surface area contributed by atoms with Gasteiger partial charge in [0.05, 0.1) is 13.2 Å². The zero-order chi connectivity index (χ0) is 15.5. The maximum atomic E-state index is 11.5. The molecule has 0 bridgehead atoms. The van der Waals surface area contributed by atoms with E-state index in [9.17, 15) is 19.6 Å². The minimum absolute atomic E-state index is 0.0114. The molecule has 0 radical (unpaired) electrons. The van der Waals surface area contributed by atoms with Gasteiger partial charge < -0.3 is 20.5 Å². The molecule has 2 N–H and O–H groups in total. The zero-order valence-corrected chi connectivity index (χ0v) is 12.0. The van der Waals surface area contributed by atoms with E-state index in [2.05, 4.69) is 10.2 Å². The van der Waals surface area contributed by atoms with E-state index in [1.165, 1.54) is 6.92 Å². The van der Waals surface area contributed by atoms with Crippen molar-refractivity contribution in [1.82, 2.24) is 10.7 Å². The molecule has 0 saturated heterocycles. The van der Waals surface area contributed by atoms with Gasteiger partial charge in [-0.15, -0.1) is 5.39 Å². The van der Waals surface area contributed by atoms with Crippen molar-refractivity contribution in [2.45, 2.75) is 26.3 Å². The number of ether oxygens (including phenoxy) is 1. The second kappa shape index (κ2) is 10.6. The Labute approximate surface area is 120 Å². The SMILES string of the molecule is CCOC(=O)[C@H](CSC(=O)CCON([O-])O)NC(C)=O. The molecule has 1 amide bonds. The third-order valence-corrected chi connectivity index (χ3v) is 2.89. The number of carbonyl (C=O) groups excluding carboxylic acids is 3. The second-order valence-corrected chi connectivity index (χ2v) is 4.59. The smallest absolute Gasteiger partial charge is 0.329 e. The van der Waals surface area contributed by atoms with E-state index in [-0.39, 0.29) is 30.5 Å². The summed E-state index contributed by atoms with van der Waals surface area (Å²) in [5.74, 6) is -1.03. The van der Waals surface area contributed by atoms with Crippen LogP contribution in [0.15, 0.2) is 0 Å². The molecular formula is C10H17N2O7S-. The fraction of sp³-hybridized carbons (Fsp3) is 0.700. The van der Waals surface area contributed by atoms with Crippen LogP contribution in [0.4, 0.5) is 0 Å². The average molecular weight is 309 g/mol. The summed E-state index contributed by atoms with van der Waals surface area (Å²) in [5.41, 5.74) is 0. The van der Waals surface area contributed by atoms with Crippen molar-refractivity contribution in [2.24, 2.45) is 0 Å². The number of nitrogens with zero attached hydrogens (tertiary/aromatic N) is 1. The van der Waals surface area contributed by atoms with Crippen LogP contribution in [0.2, 0.25) is 0 Å². The molecule has 0 aromatic carbocycles. The first-order valence-electron chi connectivity index (χ1n) is 5.75. The highest BCUT2D eigenvalue weighted by atomic mass is 32.2. The summed E-state index contributed by atoms with van der Waals surface area (Å²) < 4.78 is 4.77. The van der Waals surface area contributed by atoms with Crippen molar-refractivity contribution in [1.29, 1.82) is 0 Å². The minimum atomic E-state index is -0.920. The highest BCUT2D eigenvalue weighted by Crippen LogP contribution is 2.09. The summed E-state index contributed by atoms with van der Waals surface area (Å²) in [6.45, 7) is 2.76. The molecular weight excluding hydrogens is 292 g/mol. The van der Waals surface area contributed by atoms with E-state index in [1.807, 2.05) is 0 Å². The van der Waals surface area contributed by atoms with Crippen molar-refractivity contribution >= 4 is 28.8 Å². The molecule has 1 atom stereocenters. The number of esters is 1. The van der Waals surface area contributed by atoms with E-state index in [1.54, 1.807) is 6.92 Å². The van der Waals surface area contributed by atoms with Gasteiger partial charge in [0.2, 0.25) is 5.91 Å². The molecule has 0 unspecified atom stereocenters. The van der Waals surface area contributed by atoms with Gasteiger partial charge in [-0.3, -0.25) is 14.4 Å². The lowest BCUT2D eigenvalue weighted by Gasteiger charge is -2.18. The second-order valence-electron chi connectivity index (χ2n) is 3.51. The summed E-state index contributed by atoms with van der Waals surface area (Å²) in [7, 11) is 0. The molecule has 10 heteroatoms. The minimum Gasteiger partial charge on any atom is -0.738 e. The molecule has 20 heavy (non-hydrogen) atoms. The summed E-state index contributed by atoms with van der Waals surface area (Å²) >= 11 is 0.796. The maximum absolute atomic E-state index is 11.5. The van der Waals surface area contributed by atoms with Crippen molar-refractivity contribution in [3.05, 3.63) is 5.21 Å². The van der Waals surface area contributed by atoms with Crippen LogP contribution >= 0.6 is 11.8 Å². The van der Waals surface area contributed by atoms with E-state index >= 15 is 0 Å². The Morgan fingerprint density at radius 3 is 2.60 bits per heavy atom. The van der Waals surface area contributed by atoms with Crippen LogP contribution in [-0.2, 0) is 24.0 Å². The Kier molecular flexibility index (Phi) is 9.94. The third kappa shape index (κ3) is 9.69. The number of hydrogen-bond donors (Lipinski definition) is 2. The average Bonchev–Trinajstić information content (AvgIpc) is 2.33. The molecule has 0 spiro atoms. The lowest BCUT2D eigenvalue weighted by molar-refractivity contribution is -0.304. The standard InChI is InChI=1S/C10H17N2O7S/c1-3-18-10(15)8(11-7(2)13)6-20-9(14)4-5-19-12(16)17/h8,16H,3-6H2,1-2H3,(H,11,13)/q-1/t8-/m0/s1. The molecule has 0 aliphatic rings. The van der Waals surface area contributed by atoms with Crippen LogP contribution in [-0.4, -0.2) is 52.6 Å². The number of nitrogens with one attached hydrogen (secondary N) is 1. The van der Waals surface area contributed by atoms with Gasteiger partial charge in [-0.25, -0.2) is 4.79 Å². The molecule has 0 aromatic rings. The first-order chi connectivity index (χ1) is 9.36. The van der Waals surface area contributed by atoms with Crippen LogP contribution in [0.3, 0.4) is 0 Å². The van der Waals surface area contributed by atoms with Crippen LogP contribution < -0.4 is 5.32 Å². The number of amides is 1. The Morgan fingerprint density at radius 2 is 2.10 bits per heavy atom. The molecule has 116 valence electrons. The molecule has 0 aromatic heterocycles. The fourth-order valence-electron chi connectivity index (χ4n) is 1.11. The van der Waals surface area contributed by atoms with Crippen LogP contribution in [0, 0.1) is 5.21 Å². The van der Waals surface area contributed by atoms with Gasteiger partial charge in [0.25, 0.3) is 0 Å². The molecule has 9 nitrogen and oxygen atoms in total. The molecule has 0 fully saturated rings. The van der Waals surface area contributed by atoms with Gasteiger partial charge in [-0.05, 0) is 6.92 Å². The summed E-state index contributed by atoms with van der Waals surface area (Å²) in [4.78, 5) is 38.0. The molecule has 0 saturated carbocycles. The van der Waals surface area contributed by atoms with Crippen LogP contribution in [0.1, 0.15) is 20.3 Å².